The number of ether oxygens (including phenoxy) is 1. The summed E-state index contributed by atoms with van der Waals surface area (Å²) in [6.45, 7) is 2.29. The van der Waals surface area contributed by atoms with Crippen molar-refractivity contribution in [2.75, 3.05) is 26.3 Å². The summed E-state index contributed by atoms with van der Waals surface area (Å²) < 4.78 is 5.20. The number of urea groups is 1. The van der Waals surface area contributed by atoms with Gasteiger partial charge in [-0.15, -0.1) is 0 Å². The van der Waals surface area contributed by atoms with Crippen LogP contribution in [-0.2, 0) is 9.53 Å². The molecule has 5 nitrogen and oxygen atoms in total. The second kappa shape index (κ2) is 6.37. The van der Waals surface area contributed by atoms with Gasteiger partial charge >= 0.3 is 6.03 Å². The van der Waals surface area contributed by atoms with Gasteiger partial charge in [-0.3, -0.25) is 0 Å². The molecular formula is C9H16N2O3. The Morgan fingerprint density at radius 3 is 2.71 bits per heavy atom. The van der Waals surface area contributed by atoms with Crippen molar-refractivity contribution >= 4 is 12.3 Å². The first-order valence-electron chi connectivity index (χ1n) is 4.86. The standard InChI is InChI=1S/C9H16N2O3/c12-4-3-10-9(13)11-7-8-1-5-14-6-2-8/h4,8H,1-3,5-7H2,(H2,10,11,13). The Labute approximate surface area is 83.2 Å². The van der Waals surface area contributed by atoms with Crippen molar-refractivity contribution in [2.24, 2.45) is 5.92 Å². The van der Waals surface area contributed by atoms with Gasteiger partial charge in [0.15, 0.2) is 0 Å². The second-order valence-corrected chi connectivity index (χ2v) is 3.31. The van der Waals surface area contributed by atoms with Gasteiger partial charge in [-0.05, 0) is 18.8 Å². The molecule has 0 atom stereocenters. The molecule has 0 unspecified atom stereocenters. The smallest absolute Gasteiger partial charge is 0.315 e. The molecular weight excluding hydrogens is 184 g/mol. The van der Waals surface area contributed by atoms with E-state index in [9.17, 15) is 9.59 Å². The van der Waals surface area contributed by atoms with Gasteiger partial charge in [-0.2, -0.15) is 0 Å². The summed E-state index contributed by atoms with van der Waals surface area (Å²) in [6, 6.07) is -0.274. The van der Waals surface area contributed by atoms with Gasteiger partial charge in [0.2, 0.25) is 0 Å². The maximum Gasteiger partial charge on any atom is 0.315 e. The monoisotopic (exact) mass is 200 g/mol. The number of nitrogens with one attached hydrogen (secondary N) is 2. The Kier molecular flexibility index (Phi) is 4.99. The summed E-state index contributed by atoms with van der Waals surface area (Å²) in [4.78, 5) is 21.0. The van der Waals surface area contributed by atoms with Crippen molar-refractivity contribution in [1.29, 1.82) is 0 Å². The zero-order valence-corrected chi connectivity index (χ0v) is 8.12. The topological polar surface area (TPSA) is 67.4 Å². The first-order valence-corrected chi connectivity index (χ1v) is 4.86. The SMILES string of the molecule is O=CCNC(=O)NCC1CCOCC1. The van der Waals surface area contributed by atoms with Gasteiger partial charge in [0, 0.05) is 19.8 Å². The van der Waals surface area contributed by atoms with Crippen LogP contribution in [0.1, 0.15) is 12.8 Å². The fourth-order valence-corrected chi connectivity index (χ4v) is 1.38. The number of hydrogen-bond acceptors (Lipinski definition) is 3. The van der Waals surface area contributed by atoms with E-state index in [0.717, 1.165) is 26.1 Å². The van der Waals surface area contributed by atoms with Gasteiger partial charge < -0.3 is 20.2 Å². The molecule has 2 N–H and O–H groups in total. The van der Waals surface area contributed by atoms with Crippen LogP contribution in [0, 0.1) is 5.92 Å². The van der Waals surface area contributed by atoms with E-state index in [1.165, 1.54) is 0 Å². The summed E-state index contributed by atoms with van der Waals surface area (Å²) in [6.07, 6.45) is 2.65. The zero-order chi connectivity index (χ0) is 10.2. The van der Waals surface area contributed by atoms with Crippen LogP contribution in [0.4, 0.5) is 4.79 Å². The summed E-state index contributed by atoms with van der Waals surface area (Å²) in [5.74, 6) is 0.505. The molecule has 0 aromatic carbocycles. The minimum Gasteiger partial charge on any atom is -0.381 e. The molecule has 1 fully saturated rings. The van der Waals surface area contributed by atoms with Gasteiger partial charge in [0.05, 0.1) is 6.54 Å². The summed E-state index contributed by atoms with van der Waals surface area (Å²) in [5, 5.41) is 5.15. The molecule has 0 spiro atoms. The first-order chi connectivity index (χ1) is 6.83. The second-order valence-electron chi connectivity index (χ2n) is 3.31. The van der Waals surface area contributed by atoms with E-state index < -0.39 is 0 Å². The van der Waals surface area contributed by atoms with E-state index in [-0.39, 0.29) is 12.6 Å². The molecule has 1 saturated heterocycles. The number of aldehydes is 1. The minimum atomic E-state index is -0.274. The Bertz CT molecular complexity index is 190. The van der Waals surface area contributed by atoms with Crippen molar-refractivity contribution in [3.05, 3.63) is 0 Å². The Hall–Kier alpha value is -1.10. The normalized spacial score (nSPS) is 17.4. The Balaban J connectivity index is 2.06. The number of amides is 2. The van der Waals surface area contributed by atoms with E-state index in [1.54, 1.807) is 0 Å². The molecule has 1 rings (SSSR count). The van der Waals surface area contributed by atoms with E-state index in [1.807, 2.05) is 0 Å². The predicted octanol–water partition coefficient (Wildman–Crippen LogP) is -0.0889. The summed E-state index contributed by atoms with van der Waals surface area (Å²) >= 11 is 0. The van der Waals surface area contributed by atoms with Crippen LogP contribution in [-0.4, -0.2) is 38.6 Å². The van der Waals surface area contributed by atoms with Crippen LogP contribution in [0.3, 0.4) is 0 Å². The molecule has 0 aliphatic carbocycles. The average molecular weight is 200 g/mol. The quantitative estimate of drug-likeness (QED) is 0.623. The van der Waals surface area contributed by atoms with Gasteiger partial charge in [0.25, 0.3) is 0 Å². The van der Waals surface area contributed by atoms with Gasteiger partial charge in [0.1, 0.15) is 6.29 Å². The maximum atomic E-state index is 11.0. The third kappa shape index (κ3) is 4.23. The highest BCUT2D eigenvalue weighted by molar-refractivity contribution is 5.76. The molecule has 5 heteroatoms. The first kappa shape index (κ1) is 11.0. The zero-order valence-electron chi connectivity index (χ0n) is 8.12. The van der Waals surface area contributed by atoms with Crippen molar-refractivity contribution in [3.63, 3.8) is 0 Å². The largest absolute Gasteiger partial charge is 0.381 e. The van der Waals surface area contributed by atoms with Crippen LogP contribution >= 0.6 is 0 Å². The molecule has 14 heavy (non-hydrogen) atoms. The molecule has 0 aromatic heterocycles. The molecule has 0 saturated carbocycles. The highest BCUT2D eigenvalue weighted by Crippen LogP contribution is 2.12. The number of carbonyl (C=O) groups is 2. The van der Waals surface area contributed by atoms with Gasteiger partial charge in [-0.1, -0.05) is 0 Å². The Morgan fingerprint density at radius 2 is 2.07 bits per heavy atom. The average Bonchev–Trinajstić information content (AvgIpc) is 2.25. The van der Waals surface area contributed by atoms with E-state index in [2.05, 4.69) is 10.6 Å². The molecule has 0 radical (unpaired) electrons. The lowest BCUT2D eigenvalue weighted by Gasteiger charge is -2.22. The maximum absolute atomic E-state index is 11.0. The molecule has 80 valence electrons. The Morgan fingerprint density at radius 1 is 1.36 bits per heavy atom. The fraction of sp³-hybridized carbons (Fsp3) is 0.778. The lowest BCUT2D eigenvalue weighted by molar-refractivity contribution is -0.107. The number of carbonyl (C=O) groups excluding carboxylic acids is 2. The minimum absolute atomic E-state index is 0.0691. The van der Waals surface area contributed by atoms with Crippen molar-refractivity contribution in [3.8, 4) is 0 Å². The van der Waals surface area contributed by atoms with E-state index in [0.29, 0.717) is 18.7 Å². The fourth-order valence-electron chi connectivity index (χ4n) is 1.38. The molecule has 1 aliphatic heterocycles. The van der Waals surface area contributed by atoms with Crippen LogP contribution in [0.25, 0.3) is 0 Å². The van der Waals surface area contributed by atoms with E-state index >= 15 is 0 Å². The highest BCUT2D eigenvalue weighted by atomic mass is 16.5. The van der Waals surface area contributed by atoms with Crippen LogP contribution < -0.4 is 10.6 Å². The van der Waals surface area contributed by atoms with Crippen molar-refractivity contribution < 1.29 is 14.3 Å². The molecule has 1 aliphatic rings. The van der Waals surface area contributed by atoms with Crippen molar-refractivity contribution in [2.45, 2.75) is 12.8 Å². The highest BCUT2D eigenvalue weighted by Gasteiger charge is 2.14. The molecule has 2 amide bonds. The van der Waals surface area contributed by atoms with Crippen LogP contribution in [0.2, 0.25) is 0 Å². The third-order valence-electron chi connectivity index (χ3n) is 2.24. The lowest BCUT2D eigenvalue weighted by atomic mass is 10.0. The van der Waals surface area contributed by atoms with Gasteiger partial charge in [-0.25, -0.2) is 4.79 Å². The molecule has 1 heterocycles. The molecule has 0 bridgehead atoms. The number of rotatable bonds is 4. The summed E-state index contributed by atoms with van der Waals surface area (Å²) in [5.41, 5.74) is 0. The third-order valence-corrected chi connectivity index (χ3v) is 2.24. The lowest BCUT2D eigenvalue weighted by Crippen LogP contribution is -2.39. The van der Waals surface area contributed by atoms with Crippen molar-refractivity contribution in [1.82, 2.24) is 10.6 Å². The van der Waals surface area contributed by atoms with E-state index in [4.69, 9.17) is 4.74 Å². The van der Waals surface area contributed by atoms with Crippen LogP contribution in [0.15, 0.2) is 0 Å². The number of hydrogen-bond donors (Lipinski definition) is 2. The molecule has 0 aromatic rings. The predicted molar refractivity (Wildman–Crippen MR) is 51.0 cm³/mol. The summed E-state index contributed by atoms with van der Waals surface area (Å²) in [7, 11) is 0. The van der Waals surface area contributed by atoms with Crippen LogP contribution in [0.5, 0.6) is 0 Å².